The van der Waals surface area contributed by atoms with Gasteiger partial charge in [-0.2, -0.15) is 0 Å². The van der Waals surface area contributed by atoms with Crippen LogP contribution in [0, 0.1) is 5.41 Å². The van der Waals surface area contributed by atoms with E-state index in [9.17, 15) is 14.4 Å². The Hall–Kier alpha value is -1.79. The fourth-order valence-corrected chi connectivity index (χ4v) is 1.29. The van der Waals surface area contributed by atoms with E-state index in [0.717, 1.165) is 6.42 Å². The van der Waals surface area contributed by atoms with Crippen molar-refractivity contribution in [2.24, 2.45) is 5.41 Å². The number of carboxylic acid groups (broad SMARTS) is 2. The smallest absolute Gasteiger partial charge is 0.326 e. The Morgan fingerprint density at radius 1 is 1.16 bits per heavy atom. The number of rotatable bonds is 7. The normalized spacial score (nSPS) is 12.6. The van der Waals surface area contributed by atoms with E-state index in [1.54, 1.807) is 0 Å². The molecule has 0 heterocycles. The third-order valence-electron chi connectivity index (χ3n) is 2.41. The van der Waals surface area contributed by atoms with Gasteiger partial charge in [0.15, 0.2) is 0 Å². The zero-order valence-electron chi connectivity index (χ0n) is 11.5. The summed E-state index contributed by atoms with van der Waals surface area (Å²) >= 11 is 0. The number of amides is 2. The van der Waals surface area contributed by atoms with Crippen molar-refractivity contribution in [2.45, 2.75) is 46.1 Å². The summed E-state index contributed by atoms with van der Waals surface area (Å²) in [6, 6.07) is -1.78. The zero-order valence-corrected chi connectivity index (χ0v) is 11.5. The van der Waals surface area contributed by atoms with Gasteiger partial charge in [-0.25, -0.2) is 9.59 Å². The molecule has 110 valence electrons. The first kappa shape index (κ1) is 17.2. The van der Waals surface area contributed by atoms with Crippen molar-refractivity contribution in [1.82, 2.24) is 10.6 Å². The lowest BCUT2D eigenvalue weighted by Crippen LogP contribution is -2.46. The van der Waals surface area contributed by atoms with Crippen LogP contribution in [0.5, 0.6) is 0 Å². The van der Waals surface area contributed by atoms with Crippen LogP contribution in [0.4, 0.5) is 4.79 Å². The summed E-state index contributed by atoms with van der Waals surface area (Å²) in [6.45, 7) is 6.51. The van der Waals surface area contributed by atoms with Gasteiger partial charge in [0.25, 0.3) is 0 Å². The number of hydrogen-bond acceptors (Lipinski definition) is 3. The third-order valence-corrected chi connectivity index (χ3v) is 2.41. The van der Waals surface area contributed by atoms with E-state index >= 15 is 0 Å². The lowest BCUT2D eigenvalue weighted by Gasteiger charge is -2.19. The molecule has 0 saturated carbocycles. The lowest BCUT2D eigenvalue weighted by molar-refractivity contribution is -0.140. The number of aliphatic carboxylic acids is 2. The van der Waals surface area contributed by atoms with Crippen LogP contribution in [-0.4, -0.2) is 40.8 Å². The van der Waals surface area contributed by atoms with Crippen LogP contribution in [0.3, 0.4) is 0 Å². The fourth-order valence-electron chi connectivity index (χ4n) is 1.29. The highest BCUT2D eigenvalue weighted by Crippen LogP contribution is 2.16. The molecule has 0 aliphatic rings. The van der Waals surface area contributed by atoms with Crippen LogP contribution in [0.2, 0.25) is 0 Å². The highest BCUT2D eigenvalue weighted by Gasteiger charge is 2.21. The number of nitrogens with one attached hydrogen (secondary N) is 2. The molecule has 0 aromatic carbocycles. The Labute approximate surface area is 112 Å². The second-order valence-electron chi connectivity index (χ2n) is 5.53. The molecule has 0 aliphatic heterocycles. The molecular formula is C12H22N2O5. The Morgan fingerprint density at radius 2 is 1.74 bits per heavy atom. The molecule has 2 amide bonds. The molecule has 1 atom stereocenters. The molecule has 1 unspecified atom stereocenters. The summed E-state index contributed by atoms with van der Waals surface area (Å²) in [5.74, 6) is -2.34. The maximum absolute atomic E-state index is 11.5. The fraction of sp³-hybridized carbons (Fsp3) is 0.750. The second kappa shape index (κ2) is 7.60. The predicted octanol–water partition coefficient (Wildman–Crippen LogP) is 1.04. The molecule has 7 heteroatoms. The Balaban J connectivity index is 4.10. The van der Waals surface area contributed by atoms with Gasteiger partial charge in [0.05, 0.1) is 0 Å². The molecule has 0 aromatic heterocycles. The van der Waals surface area contributed by atoms with Crippen LogP contribution in [0.1, 0.15) is 40.0 Å². The average Bonchev–Trinajstić information content (AvgIpc) is 2.21. The number of carbonyl (C=O) groups is 3. The quantitative estimate of drug-likeness (QED) is 0.553. The maximum atomic E-state index is 11.5. The summed E-state index contributed by atoms with van der Waals surface area (Å²) in [5.41, 5.74) is 0.0722. The van der Waals surface area contributed by atoms with E-state index in [2.05, 4.69) is 10.6 Å². The lowest BCUT2D eigenvalue weighted by atomic mass is 9.92. The first-order chi connectivity index (χ1) is 8.61. The molecule has 0 aliphatic carbocycles. The minimum absolute atomic E-state index is 0.0722. The Morgan fingerprint density at radius 3 is 2.16 bits per heavy atom. The minimum atomic E-state index is -1.24. The molecule has 4 N–H and O–H groups in total. The van der Waals surface area contributed by atoms with Gasteiger partial charge in [0.2, 0.25) is 0 Å². The van der Waals surface area contributed by atoms with Crippen molar-refractivity contribution in [2.75, 3.05) is 6.54 Å². The maximum Gasteiger partial charge on any atom is 0.326 e. The number of hydrogen-bond donors (Lipinski definition) is 4. The van der Waals surface area contributed by atoms with Crippen molar-refractivity contribution in [3.63, 3.8) is 0 Å². The summed E-state index contributed by atoms with van der Waals surface area (Å²) in [6.07, 6.45) is 0.309. The monoisotopic (exact) mass is 274 g/mol. The topological polar surface area (TPSA) is 116 Å². The molecule has 0 bridgehead atoms. The summed E-state index contributed by atoms with van der Waals surface area (Å²) in [7, 11) is 0. The second-order valence-corrected chi connectivity index (χ2v) is 5.53. The van der Waals surface area contributed by atoms with Crippen LogP contribution < -0.4 is 10.6 Å². The van der Waals surface area contributed by atoms with Gasteiger partial charge in [-0.1, -0.05) is 20.8 Å². The molecule has 0 rings (SSSR count). The van der Waals surface area contributed by atoms with E-state index in [4.69, 9.17) is 10.2 Å². The molecule has 0 fully saturated rings. The van der Waals surface area contributed by atoms with Crippen molar-refractivity contribution in [3.8, 4) is 0 Å². The molecule has 0 spiro atoms. The SMILES string of the molecule is CC(C)(C)CCNC(=O)NC(CCC(=O)O)C(=O)O. The van der Waals surface area contributed by atoms with Crippen molar-refractivity contribution in [1.29, 1.82) is 0 Å². The van der Waals surface area contributed by atoms with E-state index in [1.165, 1.54) is 0 Å². The molecule has 0 saturated heterocycles. The van der Waals surface area contributed by atoms with Gasteiger partial charge in [0, 0.05) is 13.0 Å². The van der Waals surface area contributed by atoms with Gasteiger partial charge >= 0.3 is 18.0 Å². The van der Waals surface area contributed by atoms with Gasteiger partial charge in [0.1, 0.15) is 6.04 Å². The third kappa shape index (κ3) is 9.87. The van der Waals surface area contributed by atoms with Crippen molar-refractivity contribution < 1.29 is 24.6 Å². The van der Waals surface area contributed by atoms with Gasteiger partial charge in [-0.15, -0.1) is 0 Å². The highest BCUT2D eigenvalue weighted by atomic mass is 16.4. The van der Waals surface area contributed by atoms with Gasteiger partial charge in [-0.05, 0) is 18.3 Å². The van der Waals surface area contributed by atoms with Gasteiger partial charge in [-0.3, -0.25) is 4.79 Å². The van der Waals surface area contributed by atoms with Crippen LogP contribution in [0.15, 0.2) is 0 Å². The zero-order chi connectivity index (χ0) is 15.1. The molecule has 0 aromatic rings. The van der Waals surface area contributed by atoms with E-state index in [0.29, 0.717) is 6.54 Å². The molecular weight excluding hydrogens is 252 g/mol. The van der Waals surface area contributed by atoms with E-state index in [1.807, 2.05) is 20.8 Å². The van der Waals surface area contributed by atoms with E-state index in [-0.39, 0.29) is 18.3 Å². The van der Waals surface area contributed by atoms with Crippen LogP contribution >= 0.6 is 0 Å². The summed E-state index contributed by atoms with van der Waals surface area (Å²) in [4.78, 5) is 32.7. The number of carboxylic acids is 2. The standard InChI is InChI=1S/C12H22N2O5/c1-12(2,3)6-7-13-11(19)14-8(10(17)18)4-5-9(15)16/h8H,4-7H2,1-3H3,(H,15,16)(H,17,18)(H2,13,14,19). The molecule has 0 radical (unpaired) electrons. The van der Waals surface area contributed by atoms with Crippen LogP contribution in [-0.2, 0) is 9.59 Å². The first-order valence-corrected chi connectivity index (χ1v) is 6.11. The Bertz CT molecular complexity index is 336. The van der Waals surface area contributed by atoms with E-state index < -0.39 is 24.0 Å². The number of carbonyl (C=O) groups excluding carboxylic acids is 1. The highest BCUT2D eigenvalue weighted by molar-refractivity contribution is 5.82. The van der Waals surface area contributed by atoms with Crippen LogP contribution in [0.25, 0.3) is 0 Å². The Kier molecular flexibility index (Phi) is 6.89. The molecule has 7 nitrogen and oxygen atoms in total. The predicted molar refractivity (Wildman–Crippen MR) is 68.9 cm³/mol. The van der Waals surface area contributed by atoms with Crippen molar-refractivity contribution >= 4 is 18.0 Å². The van der Waals surface area contributed by atoms with Gasteiger partial charge < -0.3 is 20.8 Å². The van der Waals surface area contributed by atoms with Crippen molar-refractivity contribution in [3.05, 3.63) is 0 Å². The average molecular weight is 274 g/mol. The molecule has 19 heavy (non-hydrogen) atoms. The minimum Gasteiger partial charge on any atom is -0.481 e. The largest absolute Gasteiger partial charge is 0.481 e. The first-order valence-electron chi connectivity index (χ1n) is 6.11. The number of urea groups is 1. The summed E-state index contributed by atoms with van der Waals surface area (Å²) in [5, 5.41) is 22.1. The summed E-state index contributed by atoms with van der Waals surface area (Å²) < 4.78 is 0.